The minimum absolute atomic E-state index is 0.164. The van der Waals surface area contributed by atoms with E-state index in [9.17, 15) is 12.3 Å². The zero-order chi connectivity index (χ0) is 47.0. The van der Waals surface area contributed by atoms with Gasteiger partial charge in [-0.1, -0.05) is 159 Å². The van der Waals surface area contributed by atoms with Gasteiger partial charge in [-0.25, -0.2) is 0 Å². The summed E-state index contributed by atoms with van der Waals surface area (Å²) in [5.41, 5.74) is -0.518. The second-order valence-corrected chi connectivity index (χ2v) is 13.7. The van der Waals surface area contributed by atoms with Gasteiger partial charge in [0.1, 0.15) is 0 Å². The molecule has 0 heterocycles. The molecule has 11 rings (SSSR count). The Balaban J connectivity index is 1.37. The van der Waals surface area contributed by atoms with Crippen molar-refractivity contribution < 1.29 is 20.6 Å². The van der Waals surface area contributed by atoms with Gasteiger partial charge in [0.05, 0.1) is 31.7 Å². The van der Waals surface area contributed by atoms with Gasteiger partial charge in [-0.05, 0) is 102 Å². The molecule has 8 aromatic carbocycles. The Bertz CT molecular complexity index is 3490. The van der Waals surface area contributed by atoms with Crippen LogP contribution in [0.15, 0.2) is 176 Å². The predicted octanol–water partition coefficient (Wildman–Crippen LogP) is 13.0. The molecule has 240 valence electrons. The molecule has 1 spiro atoms. The number of rotatable bonds is 3. The number of hydrogen-bond acceptors (Lipinski definition) is 1. The van der Waals surface area contributed by atoms with E-state index in [4.69, 9.17) is 8.22 Å². The Morgan fingerprint density at radius 3 is 1.76 bits per heavy atom. The smallest absolute Gasteiger partial charge is 0.0726 e. The third-order valence-corrected chi connectivity index (χ3v) is 10.9. The maximum absolute atomic E-state index is 10.6. The summed E-state index contributed by atoms with van der Waals surface area (Å²) in [6.07, 6.45) is 0. The highest BCUT2D eigenvalue weighted by molar-refractivity contribution is 6.01. The van der Waals surface area contributed by atoms with Crippen LogP contribution in [0.5, 0.6) is 0 Å². The van der Waals surface area contributed by atoms with Gasteiger partial charge in [0.25, 0.3) is 0 Å². The van der Waals surface area contributed by atoms with Gasteiger partial charge < -0.3 is 4.90 Å². The van der Waals surface area contributed by atoms with Crippen molar-refractivity contribution in [3.05, 3.63) is 209 Å². The molecule has 0 aromatic heterocycles. The van der Waals surface area contributed by atoms with Crippen molar-refractivity contribution >= 4 is 27.8 Å². The number of benzene rings is 8. The first kappa shape index (κ1) is 17.7. The topological polar surface area (TPSA) is 3.24 Å². The fourth-order valence-corrected chi connectivity index (χ4v) is 8.69. The monoisotopic (exact) mass is 664 g/mol. The fourth-order valence-electron chi connectivity index (χ4n) is 8.69. The van der Waals surface area contributed by atoms with Gasteiger partial charge in [0.2, 0.25) is 0 Å². The van der Waals surface area contributed by atoms with E-state index in [1.165, 1.54) is 0 Å². The van der Waals surface area contributed by atoms with E-state index in [0.717, 1.165) is 27.6 Å². The molecular weight excluding hydrogens is 615 g/mol. The van der Waals surface area contributed by atoms with Crippen LogP contribution in [-0.2, 0) is 10.8 Å². The molecule has 0 radical (unpaired) electrons. The Hall–Kier alpha value is -6.18. The number of anilines is 3. The highest BCUT2D eigenvalue weighted by Crippen LogP contribution is 2.63. The molecule has 0 aliphatic heterocycles. The third-order valence-electron chi connectivity index (χ3n) is 10.9. The van der Waals surface area contributed by atoms with Crippen LogP contribution >= 0.6 is 0 Å². The highest BCUT2D eigenvalue weighted by atomic mass is 15.1. The molecule has 0 amide bonds. The Kier molecular flexibility index (Phi) is 3.53. The molecule has 0 N–H and O–H groups in total. The van der Waals surface area contributed by atoms with Gasteiger partial charge in [-0.3, -0.25) is 0 Å². The molecule has 1 heteroatoms. The first-order valence-corrected chi connectivity index (χ1v) is 16.8. The third kappa shape index (κ3) is 3.65. The summed E-state index contributed by atoms with van der Waals surface area (Å²) in [5, 5.41) is 1.53. The standard InChI is InChI=1S/C50H35N/c1-49(2)42-21-9-5-17-36(42)40-28-26-33(30-46(40)49)51(48-25-13-15-32-14-3-4-16-35(32)48)34-27-29-41-39-20-8-12-24-45(39)50(47(41)31-34)43-22-10-6-18-37(43)38-19-7-11-23-44(38)50/h3-31H,1-2H3/i6D,7D,8D,10D,11D,12D,18D,19D,20D,22D,23D,24D,27D,29D,31D. The zero-order valence-corrected chi connectivity index (χ0v) is 27.5. The normalized spacial score (nSPS) is 18.9. The lowest BCUT2D eigenvalue weighted by molar-refractivity contribution is 0.660. The molecule has 0 atom stereocenters. The first-order valence-electron chi connectivity index (χ1n) is 24.3. The Morgan fingerprint density at radius 2 is 1.04 bits per heavy atom. The second-order valence-electron chi connectivity index (χ2n) is 13.7. The van der Waals surface area contributed by atoms with Gasteiger partial charge in [0, 0.05) is 22.2 Å². The lowest BCUT2D eigenvalue weighted by atomic mass is 9.70. The summed E-state index contributed by atoms with van der Waals surface area (Å²) in [4.78, 5) is 1.70. The maximum Gasteiger partial charge on any atom is 0.0726 e. The molecule has 3 aliphatic rings. The van der Waals surface area contributed by atoms with Gasteiger partial charge in [-0.15, -0.1) is 0 Å². The van der Waals surface area contributed by atoms with Gasteiger partial charge in [-0.2, -0.15) is 0 Å². The highest BCUT2D eigenvalue weighted by Gasteiger charge is 2.51. The summed E-state index contributed by atoms with van der Waals surface area (Å²) in [7, 11) is 0. The van der Waals surface area contributed by atoms with Crippen LogP contribution in [0.1, 0.15) is 67.8 Å². The van der Waals surface area contributed by atoms with Crippen LogP contribution in [0.25, 0.3) is 44.2 Å². The van der Waals surface area contributed by atoms with Crippen molar-refractivity contribution in [2.24, 2.45) is 0 Å². The van der Waals surface area contributed by atoms with Crippen molar-refractivity contribution in [2.45, 2.75) is 24.7 Å². The molecule has 0 bridgehead atoms. The molecule has 0 saturated carbocycles. The lowest BCUT2D eigenvalue weighted by Crippen LogP contribution is -2.26. The van der Waals surface area contributed by atoms with Crippen molar-refractivity contribution in [2.75, 3.05) is 4.90 Å². The van der Waals surface area contributed by atoms with Crippen molar-refractivity contribution in [3.63, 3.8) is 0 Å². The second kappa shape index (κ2) is 10.2. The minimum atomic E-state index is -2.46. The number of nitrogens with zero attached hydrogens (tertiary/aromatic N) is 1. The minimum Gasteiger partial charge on any atom is -0.310 e. The van der Waals surface area contributed by atoms with Crippen LogP contribution in [0.4, 0.5) is 17.1 Å². The van der Waals surface area contributed by atoms with E-state index in [-0.39, 0.29) is 50.2 Å². The molecule has 51 heavy (non-hydrogen) atoms. The largest absolute Gasteiger partial charge is 0.310 e. The van der Waals surface area contributed by atoms with Crippen molar-refractivity contribution in [1.82, 2.24) is 0 Å². The zero-order valence-electron chi connectivity index (χ0n) is 42.5. The summed E-state index contributed by atoms with van der Waals surface area (Å²) in [6.45, 7) is 4.23. The summed E-state index contributed by atoms with van der Waals surface area (Å²) < 4.78 is 141. The molecule has 1 nitrogen and oxygen atoms in total. The number of fused-ring (bicyclic) bond motifs is 14. The first-order chi connectivity index (χ1) is 31.3. The van der Waals surface area contributed by atoms with Crippen molar-refractivity contribution in [1.29, 1.82) is 0 Å². The van der Waals surface area contributed by atoms with Crippen LogP contribution in [0.2, 0.25) is 0 Å². The molecule has 0 saturated heterocycles. The molecule has 3 aliphatic carbocycles. The summed E-state index contributed by atoms with van der Waals surface area (Å²) in [5.74, 6) is 0. The van der Waals surface area contributed by atoms with Crippen LogP contribution in [-0.4, -0.2) is 0 Å². The van der Waals surface area contributed by atoms with E-state index in [0.29, 0.717) is 16.8 Å². The summed E-state index contributed by atoms with van der Waals surface area (Å²) >= 11 is 0. The SMILES string of the molecule is [2H]c1c([2H])c([2H])c2c(c1[2H])-c1c([2H])c([2H])c([2H])c([2H])c1C21c2c([2H])c([2H])c([2H])c([2H])c2-c2c([2H])c([2H])c(N(c3ccc4c(c3)C(C)(C)c3ccccc3-4)c3cccc4ccccc34)c([2H])c21. The van der Waals surface area contributed by atoms with E-state index < -0.39 is 101 Å². The average Bonchev–Trinajstić information content (AvgIpc) is 3.89. The van der Waals surface area contributed by atoms with Crippen LogP contribution in [0, 0.1) is 0 Å². The predicted molar refractivity (Wildman–Crippen MR) is 212 cm³/mol. The lowest BCUT2D eigenvalue weighted by Gasteiger charge is -2.33. The Labute approximate surface area is 320 Å². The van der Waals surface area contributed by atoms with E-state index in [1.54, 1.807) is 4.90 Å². The van der Waals surface area contributed by atoms with Gasteiger partial charge >= 0.3 is 0 Å². The average molecular weight is 665 g/mol. The molecule has 0 unspecified atom stereocenters. The van der Waals surface area contributed by atoms with E-state index >= 15 is 0 Å². The maximum atomic E-state index is 10.6. The fraction of sp³-hybridized carbons (Fsp3) is 0.0800. The Morgan fingerprint density at radius 1 is 0.451 bits per heavy atom. The van der Waals surface area contributed by atoms with Crippen LogP contribution in [0.3, 0.4) is 0 Å². The van der Waals surface area contributed by atoms with E-state index in [2.05, 4.69) is 26.0 Å². The quantitative estimate of drug-likeness (QED) is 0.182. The number of hydrogen-bond donors (Lipinski definition) is 0. The van der Waals surface area contributed by atoms with Crippen LogP contribution < -0.4 is 4.90 Å². The molecule has 0 fully saturated rings. The molecule has 8 aromatic rings. The summed E-state index contributed by atoms with van der Waals surface area (Å²) in [6, 6.07) is 17.1. The van der Waals surface area contributed by atoms with Crippen molar-refractivity contribution in [3.8, 4) is 33.4 Å². The van der Waals surface area contributed by atoms with E-state index in [1.807, 2.05) is 72.8 Å². The molecular formula is C50H35N. The van der Waals surface area contributed by atoms with Gasteiger partial charge in [0.15, 0.2) is 0 Å².